The quantitative estimate of drug-likeness (QED) is 0.739. The lowest BCUT2D eigenvalue weighted by atomic mass is 10.2. The molecule has 0 aliphatic carbocycles. The van der Waals surface area contributed by atoms with E-state index >= 15 is 0 Å². The van der Waals surface area contributed by atoms with Crippen molar-refractivity contribution >= 4 is 17.4 Å². The predicted molar refractivity (Wildman–Crippen MR) is 91.9 cm³/mol. The van der Waals surface area contributed by atoms with Gasteiger partial charge in [0.15, 0.2) is 5.82 Å². The monoisotopic (exact) mass is 346 g/mol. The van der Waals surface area contributed by atoms with Gasteiger partial charge in [-0.3, -0.25) is 4.79 Å². The summed E-state index contributed by atoms with van der Waals surface area (Å²) in [7, 11) is 0. The van der Waals surface area contributed by atoms with Crippen molar-refractivity contribution < 1.29 is 14.1 Å². The Balaban J connectivity index is 1.48. The number of aryl methyl sites for hydroxylation is 2. The summed E-state index contributed by atoms with van der Waals surface area (Å²) in [4.78, 5) is 14.3. The third kappa shape index (κ3) is 4.24. The third-order valence-electron chi connectivity index (χ3n) is 3.99. The Morgan fingerprint density at radius 3 is 2.80 bits per heavy atom. The standard InChI is InChI=1S/C16H22N6O3/c1-11-15(12(2)25-21-11)16(23)18-4-3-17-14-9-13(10-19-20-14)22-5-7-24-8-6-22/h9-10H,3-8H2,1-2H3,(H,17,20)(H,18,23). The largest absolute Gasteiger partial charge is 0.378 e. The number of carbonyl (C=O) groups excluding carboxylic acids is 1. The van der Waals surface area contributed by atoms with Crippen LogP contribution in [0.5, 0.6) is 0 Å². The zero-order chi connectivity index (χ0) is 17.6. The van der Waals surface area contributed by atoms with E-state index in [1.165, 1.54) is 0 Å². The molecule has 2 N–H and O–H groups in total. The van der Waals surface area contributed by atoms with Gasteiger partial charge in [0, 0.05) is 32.2 Å². The molecular weight excluding hydrogens is 324 g/mol. The van der Waals surface area contributed by atoms with Crippen LogP contribution in [0.25, 0.3) is 0 Å². The third-order valence-corrected chi connectivity index (χ3v) is 3.99. The lowest BCUT2D eigenvalue weighted by molar-refractivity contribution is 0.0953. The number of morpholine rings is 1. The van der Waals surface area contributed by atoms with E-state index in [2.05, 4.69) is 30.9 Å². The molecule has 0 saturated carbocycles. The fraction of sp³-hybridized carbons (Fsp3) is 0.500. The molecule has 1 aliphatic rings. The molecule has 0 aromatic carbocycles. The summed E-state index contributed by atoms with van der Waals surface area (Å²) in [5.41, 5.74) is 2.10. The van der Waals surface area contributed by atoms with Crippen molar-refractivity contribution in [2.75, 3.05) is 49.6 Å². The maximum absolute atomic E-state index is 12.1. The van der Waals surface area contributed by atoms with Gasteiger partial charge in [0.05, 0.1) is 30.8 Å². The van der Waals surface area contributed by atoms with E-state index in [0.717, 1.165) is 32.0 Å². The lowest BCUT2D eigenvalue weighted by Gasteiger charge is -2.28. The van der Waals surface area contributed by atoms with E-state index in [9.17, 15) is 4.79 Å². The molecule has 0 atom stereocenters. The molecule has 0 spiro atoms. The van der Waals surface area contributed by atoms with Gasteiger partial charge in [0.25, 0.3) is 5.91 Å². The molecule has 1 amide bonds. The SMILES string of the molecule is Cc1noc(C)c1C(=O)NCCNc1cc(N2CCOCC2)cnn1. The highest BCUT2D eigenvalue weighted by Crippen LogP contribution is 2.17. The average Bonchev–Trinajstić information content (AvgIpc) is 2.98. The van der Waals surface area contributed by atoms with Gasteiger partial charge in [-0.2, -0.15) is 5.10 Å². The van der Waals surface area contributed by atoms with E-state index < -0.39 is 0 Å². The molecule has 1 saturated heterocycles. The second-order valence-electron chi connectivity index (χ2n) is 5.78. The highest BCUT2D eigenvalue weighted by molar-refractivity contribution is 5.96. The molecule has 3 heterocycles. The summed E-state index contributed by atoms with van der Waals surface area (Å²) in [5.74, 6) is 1.01. The zero-order valence-corrected chi connectivity index (χ0v) is 14.4. The number of amides is 1. The van der Waals surface area contributed by atoms with Crippen molar-refractivity contribution in [2.45, 2.75) is 13.8 Å². The first-order chi connectivity index (χ1) is 12.1. The molecular formula is C16H22N6O3. The Hall–Kier alpha value is -2.68. The maximum Gasteiger partial charge on any atom is 0.256 e. The molecule has 0 unspecified atom stereocenters. The smallest absolute Gasteiger partial charge is 0.256 e. The van der Waals surface area contributed by atoms with E-state index in [0.29, 0.717) is 35.9 Å². The summed E-state index contributed by atoms with van der Waals surface area (Å²) >= 11 is 0. The zero-order valence-electron chi connectivity index (χ0n) is 14.4. The Kier molecular flexibility index (Phi) is 5.44. The molecule has 9 nitrogen and oxygen atoms in total. The lowest BCUT2D eigenvalue weighted by Crippen LogP contribution is -2.36. The van der Waals surface area contributed by atoms with Gasteiger partial charge in [-0.1, -0.05) is 5.16 Å². The Labute approximate surface area is 145 Å². The van der Waals surface area contributed by atoms with Crippen molar-refractivity contribution in [2.24, 2.45) is 0 Å². The number of nitrogens with zero attached hydrogens (tertiary/aromatic N) is 4. The summed E-state index contributed by atoms with van der Waals surface area (Å²) < 4.78 is 10.4. The van der Waals surface area contributed by atoms with Crippen molar-refractivity contribution in [1.82, 2.24) is 20.7 Å². The Morgan fingerprint density at radius 1 is 1.28 bits per heavy atom. The number of nitrogens with one attached hydrogen (secondary N) is 2. The fourth-order valence-electron chi connectivity index (χ4n) is 2.70. The van der Waals surface area contributed by atoms with Crippen LogP contribution in [0.3, 0.4) is 0 Å². The van der Waals surface area contributed by atoms with Gasteiger partial charge in [-0.25, -0.2) is 0 Å². The van der Waals surface area contributed by atoms with Crippen LogP contribution in [0, 0.1) is 13.8 Å². The van der Waals surface area contributed by atoms with E-state index in [1.807, 2.05) is 6.07 Å². The van der Waals surface area contributed by atoms with Crippen LogP contribution >= 0.6 is 0 Å². The molecule has 9 heteroatoms. The second-order valence-corrected chi connectivity index (χ2v) is 5.78. The van der Waals surface area contributed by atoms with Crippen LogP contribution in [0.2, 0.25) is 0 Å². The van der Waals surface area contributed by atoms with Crippen LogP contribution in [0.15, 0.2) is 16.8 Å². The van der Waals surface area contributed by atoms with Crippen LogP contribution in [0.4, 0.5) is 11.5 Å². The van der Waals surface area contributed by atoms with Crippen molar-refractivity contribution in [1.29, 1.82) is 0 Å². The fourth-order valence-corrected chi connectivity index (χ4v) is 2.70. The summed E-state index contributed by atoms with van der Waals surface area (Å²) in [5, 5.41) is 17.9. The van der Waals surface area contributed by atoms with Crippen molar-refractivity contribution in [3.8, 4) is 0 Å². The number of hydrogen-bond donors (Lipinski definition) is 2. The Morgan fingerprint density at radius 2 is 2.08 bits per heavy atom. The van der Waals surface area contributed by atoms with Gasteiger partial charge < -0.3 is 24.8 Å². The van der Waals surface area contributed by atoms with Crippen LogP contribution < -0.4 is 15.5 Å². The molecule has 134 valence electrons. The minimum absolute atomic E-state index is 0.189. The van der Waals surface area contributed by atoms with Gasteiger partial charge in [-0.05, 0) is 13.8 Å². The summed E-state index contributed by atoms with van der Waals surface area (Å²) in [6.07, 6.45) is 1.75. The van der Waals surface area contributed by atoms with E-state index in [4.69, 9.17) is 9.26 Å². The molecule has 0 radical (unpaired) electrons. The molecule has 2 aromatic heterocycles. The number of ether oxygens (including phenoxy) is 1. The first-order valence-corrected chi connectivity index (χ1v) is 8.25. The molecule has 25 heavy (non-hydrogen) atoms. The van der Waals surface area contributed by atoms with E-state index in [-0.39, 0.29) is 5.91 Å². The van der Waals surface area contributed by atoms with Crippen LogP contribution in [-0.2, 0) is 4.74 Å². The Bertz CT molecular complexity index is 707. The normalized spacial score (nSPS) is 14.4. The predicted octanol–water partition coefficient (Wildman–Crippen LogP) is 0.760. The summed E-state index contributed by atoms with van der Waals surface area (Å²) in [6.45, 7) is 7.59. The summed E-state index contributed by atoms with van der Waals surface area (Å²) in [6, 6.07) is 1.95. The van der Waals surface area contributed by atoms with Crippen LogP contribution in [-0.4, -0.2) is 60.7 Å². The van der Waals surface area contributed by atoms with Gasteiger partial charge in [-0.15, -0.1) is 5.10 Å². The van der Waals surface area contributed by atoms with Gasteiger partial charge >= 0.3 is 0 Å². The number of carbonyl (C=O) groups is 1. The molecule has 1 aliphatic heterocycles. The van der Waals surface area contributed by atoms with E-state index in [1.54, 1.807) is 20.0 Å². The number of hydrogen-bond acceptors (Lipinski definition) is 8. The highest BCUT2D eigenvalue weighted by atomic mass is 16.5. The first kappa shape index (κ1) is 17.2. The minimum Gasteiger partial charge on any atom is -0.378 e. The average molecular weight is 346 g/mol. The molecule has 0 bridgehead atoms. The molecule has 2 aromatic rings. The second kappa shape index (κ2) is 7.93. The molecule has 1 fully saturated rings. The van der Waals surface area contributed by atoms with Crippen LogP contribution in [0.1, 0.15) is 21.8 Å². The number of aromatic nitrogens is 3. The number of rotatable bonds is 6. The maximum atomic E-state index is 12.1. The van der Waals surface area contributed by atoms with Gasteiger partial charge in [0.2, 0.25) is 0 Å². The topological polar surface area (TPSA) is 105 Å². The molecule has 3 rings (SSSR count). The highest BCUT2D eigenvalue weighted by Gasteiger charge is 2.16. The number of anilines is 2. The minimum atomic E-state index is -0.189. The first-order valence-electron chi connectivity index (χ1n) is 8.25. The van der Waals surface area contributed by atoms with Crippen molar-refractivity contribution in [3.05, 3.63) is 29.3 Å². The van der Waals surface area contributed by atoms with Gasteiger partial charge in [0.1, 0.15) is 11.3 Å². The van der Waals surface area contributed by atoms with Crippen molar-refractivity contribution in [3.63, 3.8) is 0 Å².